The Balaban J connectivity index is 1.72. The van der Waals surface area contributed by atoms with Crippen LogP contribution in [0.3, 0.4) is 0 Å². The summed E-state index contributed by atoms with van der Waals surface area (Å²) in [6.45, 7) is 1.66. The third kappa shape index (κ3) is 4.96. The van der Waals surface area contributed by atoms with Crippen LogP contribution in [0, 0.1) is 0 Å². The molecular formula is C14H17N3O4S. The number of rotatable bonds is 8. The number of carbonyl (C=O) groups excluding carboxylic acids is 1. The number of thiophene rings is 1. The highest BCUT2D eigenvalue weighted by Gasteiger charge is 2.12. The number of nitrogens with zero attached hydrogens (tertiary/aromatic N) is 2. The fraction of sp³-hybridized carbons (Fsp3) is 0.429. The molecule has 0 aliphatic heterocycles. The van der Waals surface area contributed by atoms with E-state index in [0.717, 1.165) is 4.88 Å². The summed E-state index contributed by atoms with van der Waals surface area (Å²) in [6.07, 6.45) is 1.29. The van der Waals surface area contributed by atoms with Gasteiger partial charge in [0.05, 0.1) is 11.3 Å². The molecule has 0 radical (unpaired) electrons. The highest BCUT2D eigenvalue weighted by Crippen LogP contribution is 2.21. The van der Waals surface area contributed by atoms with Crippen molar-refractivity contribution in [1.29, 1.82) is 0 Å². The van der Waals surface area contributed by atoms with E-state index < -0.39 is 5.97 Å². The summed E-state index contributed by atoms with van der Waals surface area (Å²) in [7, 11) is 0. The molecule has 2 aromatic rings. The van der Waals surface area contributed by atoms with E-state index in [-0.39, 0.29) is 18.4 Å². The summed E-state index contributed by atoms with van der Waals surface area (Å²) in [5.74, 6) is -0.0502. The number of hydrogen-bond donors (Lipinski definition) is 2. The Labute approximate surface area is 131 Å². The molecule has 118 valence electrons. The van der Waals surface area contributed by atoms with Gasteiger partial charge in [-0.1, -0.05) is 11.2 Å². The Morgan fingerprint density at radius 3 is 3.00 bits per heavy atom. The molecule has 22 heavy (non-hydrogen) atoms. The van der Waals surface area contributed by atoms with Crippen molar-refractivity contribution in [2.24, 2.45) is 0 Å². The van der Waals surface area contributed by atoms with Gasteiger partial charge >= 0.3 is 5.97 Å². The maximum atomic E-state index is 11.6. The largest absolute Gasteiger partial charge is 0.481 e. The minimum Gasteiger partial charge on any atom is -0.481 e. The maximum Gasteiger partial charge on any atom is 0.305 e. The first-order chi connectivity index (χ1) is 10.5. The number of carboxylic acid groups (broad SMARTS) is 1. The first kappa shape index (κ1) is 16.2. The highest BCUT2D eigenvalue weighted by atomic mass is 32.1. The molecule has 2 rings (SSSR count). The summed E-state index contributed by atoms with van der Waals surface area (Å²) in [5, 5.41) is 17.1. The van der Waals surface area contributed by atoms with E-state index in [4.69, 9.17) is 9.63 Å². The highest BCUT2D eigenvalue weighted by molar-refractivity contribution is 7.13. The minimum absolute atomic E-state index is 0.0838. The summed E-state index contributed by atoms with van der Waals surface area (Å²) in [6, 6.07) is 3.45. The molecule has 0 bridgehead atoms. The van der Waals surface area contributed by atoms with Gasteiger partial charge in [-0.05, 0) is 24.8 Å². The fourth-order valence-electron chi connectivity index (χ4n) is 1.92. The molecule has 0 saturated carbocycles. The van der Waals surface area contributed by atoms with Crippen molar-refractivity contribution < 1.29 is 19.2 Å². The average molecular weight is 323 g/mol. The van der Waals surface area contributed by atoms with Gasteiger partial charge in [-0.25, -0.2) is 0 Å². The van der Waals surface area contributed by atoms with E-state index in [1.165, 1.54) is 11.3 Å². The van der Waals surface area contributed by atoms with Crippen LogP contribution < -0.4 is 5.32 Å². The Bertz CT molecular complexity index is 624. The van der Waals surface area contributed by atoms with Crippen molar-refractivity contribution in [3.8, 4) is 10.7 Å². The number of nitrogens with one attached hydrogen (secondary N) is 1. The molecule has 2 heterocycles. The van der Waals surface area contributed by atoms with E-state index in [2.05, 4.69) is 15.5 Å². The standard InChI is InChI=1S/C14H17N3O4S/c1-9(8-13(19)20)15-11(18)5-2-6-12-16-14(17-21-12)10-4-3-7-22-10/h3-4,7,9H,2,5-6,8H2,1H3,(H,15,18)(H,19,20). The van der Waals surface area contributed by atoms with E-state index in [0.29, 0.717) is 31.0 Å². The van der Waals surface area contributed by atoms with Crippen LogP contribution in [0.15, 0.2) is 22.0 Å². The molecule has 2 aromatic heterocycles. The van der Waals surface area contributed by atoms with Crippen LogP contribution in [0.4, 0.5) is 0 Å². The fourth-order valence-corrected chi connectivity index (χ4v) is 2.57. The van der Waals surface area contributed by atoms with E-state index in [9.17, 15) is 9.59 Å². The molecule has 0 aliphatic carbocycles. The van der Waals surface area contributed by atoms with Crippen molar-refractivity contribution in [2.75, 3.05) is 0 Å². The zero-order chi connectivity index (χ0) is 15.9. The quantitative estimate of drug-likeness (QED) is 0.770. The molecule has 0 saturated heterocycles. The van der Waals surface area contributed by atoms with Crippen molar-refractivity contribution in [2.45, 2.75) is 38.6 Å². The molecule has 1 unspecified atom stereocenters. The van der Waals surface area contributed by atoms with E-state index in [1.54, 1.807) is 6.92 Å². The maximum absolute atomic E-state index is 11.6. The van der Waals surface area contributed by atoms with Gasteiger partial charge < -0.3 is 14.9 Å². The third-order valence-electron chi connectivity index (χ3n) is 2.89. The SMILES string of the molecule is CC(CC(=O)O)NC(=O)CCCc1nc(-c2cccs2)no1. The van der Waals surface area contributed by atoms with Gasteiger partial charge in [-0.15, -0.1) is 11.3 Å². The molecule has 1 amide bonds. The lowest BCUT2D eigenvalue weighted by Gasteiger charge is -2.10. The molecule has 7 nitrogen and oxygen atoms in total. The van der Waals surface area contributed by atoms with Crippen LogP contribution in [0.25, 0.3) is 10.7 Å². The second kappa shape index (κ2) is 7.69. The molecule has 0 spiro atoms. The second-order valence-electron chi connectivity index (χ2n) is 4.91. The van der Waals surface area contributed by atoms with Crippen LogP contribution >= 0.6 is 11.3 Å². The van der Waals surface area contributed by atoms with Crippen molar-refractivity contribution in [3.05, 3.63) is 23.4 Å². The minimum atomic E-state index is -0.931. The van der Waals surface area contributed by atoms with Crippen LogP contribution in [0.1, 0.15) is 32.1 Å². The Morgan fingerprint density at radius 1 is 1.50 bits per heavy atom. The van der Waals surface area contributed by atoms with Crippen LogP contribution in [0.2, 0.25) is 0 Å². The number of carbonyl (C=O) groups is 2. The lowest BCUT2D eigenvalue weighted by molar-refractivity contribution is -0.137. The summed E-state index contributed by atoms with van der Waals surface area (Å²) >= 11 is 1.53. The van der Waals surface area contributed by atoms with E-state index >= 15 is 0 Å². The lowest BCUT2D eigenvalue weighted by Crippen LogP contribution is -2.34. The molecule has 2 N–H and O–H groups in total. The smallest absolute Gasteiger partial charge is 0.305 e. The Hall–Kier alpha value is -2.22. The van der Waals surface area contributed by atoms with Gasteiger partial charge in [-0.3, -0.25) is 9.59 Å². The molecule has 0 fully saturated rings. The van der Waals surface area contributed by atoms with Gasteiger partial charge in [0.15, 0.2) is 0 Å². The molecule has 8 heteroatoms. The van der Waals surface area contributed by atoms with Gasteiger partial charge in [0.25, 0.3) is 0 Å². The van der Waals surface area contributed by atoms with Gasteiger partial charge in [0, 0.05) is 18.9 Å². The number of aromatic nitrogens is 2. The Morgan fingerprint density at radius 2 is 2.32 bits per heavy atom. The summed E-state index contributed by atoms with van der Waals surface area (Å²) < 4.78 is 5.14. The zero-order valence-corrected chi connectivity index (χ0v) is 12.9. The van der Waals surface area contributed by atoms with Crippen molar-refractivity contribution >= 4 is 23.2 Å². The molecule has 0 aliphatic rings. The van der Waals surface area contributed by atoms with Gasteiger partial charge in [0.1, 0.15) is 0 Å². The van der Waals surface area contributed by atoms with Crippen molar-refractivity contribution in [3.63, 3.8) is 0 Å². The summed E-state index contributed by atoms with van der Waals surface area (Å²) in [4.78, 5) is 27.4. The van der Waals surface area contributed by atoms with Crippen LogP contribution in [0.5, 0.6) is 0 Å². The number of aryl methyl sites for hydroxylation is 1. The molecular weight excluding hydrogens is 306 g/mol. The first-order valence-electron chi connectivity index (χ1n) is 6.92. The second-order valence-corrected chi connectivity index (χ2v) is 5.86. The number of carboxylic acids is 1. The first-order valence-corrected chi connectivity index (χ1v) is 7.80. The molecule has 0 aromatic carbocycles. The van der Waals surface area contributed by atoms with E-state index in [1.807, 2.05) is 17.5 Å². The summed E-state index contributed by atoms with van der Waals surface area (Å²) in [5.41, 5.74) is 0. The normalized spacial score (nSPS) is 12.0. The molecule has 1 atom stereocenters. The number of hydrogen-bond acceptors (Lipinski definition) is 6. The zero-order valence-electron chi connectivity index (χ0n) is 12.1. The topological polar surface area (TPSA) is 105 Å². The predicted octanol–water partition coefficient (Wildman–Crippen LogP) is 2.10. The van der Waals surface area contributed by atoms with Crippen LogP contribution in [-0.2, 0) is 16.0 Å². The Kier molecular flexibility index (Phi) is 5.65. The number of aliphatic carboxylic acids is 1. The third-order valence-corrected chi connectivity index (χ3v) is 3.76. The monoisotopic (exact) mass is 323 g/mol. The number of amides is 1. The van der Waals surface area contributed by atoms with Crippen molar-refractivity contribution in [1.82, 2.24) is 15.5 Å². The lowest BCUT2D eigenvalue weighted by atomic mass is 10.2. The van der Waals surface area contributed by atoms with Gasteiger partial charge in [-0.2, -0.15) is 4.98 Å². The average Bonchev–Trinajstić information content (AvgIpc) is 3.07. The van der Waals surface area contributed by atoms with Gasteiger partial charge in [0.2, 0.25) is 17.6 Å². The predicted molar refractivity (Wildman–Crippen MR) is 80.4 cm³/mol. The van der Waals surface area contributed by atoms with Crippen LogP contribution in [-0.4, -0.2) is 33.2 Å².